The highest BCUT2D eigenvalue weighted by molar-refractivity contribution is 6.17. The van der Waals surface area contributed by atoms with Gasteiger partial charge >= 0.3 is 0 Å². The van der Waals surface area contributed by atoms with E-state index < -0.39 is 18.1 Å². The highest BCUT2D eigenvalue weighted by Gasteiger charge is 2.31. The minimum absolute atomic E-state index is 0.0280. The van der Waals surface area contributed by atoms with E-state index in [0.717, 1.165) is 4.90 Å². The number of imide groups is 1. The number of hydrogen-bond donors (Lipinski definition) is 2. The van der Waals surface area contributed by atoms with Crippen LogP contribution < -0.4 is 5.32 Å². The summed E-state index contributed by atoms with van der Waals surface area (Å²) >= 11 is 0. The summed E-state index contributed by atoms with van der Waals surface area (Å²) in [4.78, 5) is 24.8. The van der Waals surface area contributed by atoms with Crippen LogP contribution in [0.15, 0.2) is 36.0 Å². The molecule has 0 aromatic heterocycles. The van der Waals surface area contributed by atoms with Crippen LogP contribution in [0.3, 0.4) is 0 Å². The normalized spacial score (nSPS) is 14.7. The topological polar surface area (TPSA) is 88.1 Å². The zero-order valence-corrected chi connectivity index (χ0v) is 12.4. The average molecular weight is 306 g/mol. The Bertz CT molecular complexity index is 595. The van der Waals surface area contributed by atoms with E-state index in [9.17, 15) is 9.59 Å². The molecule has 118 valence electrons. The first-order valence-corrected chi connectivity index (χ1v) is 6.72. The second-order valence-electron chi connectivity index (χ2n) is 4.59. The first kappa shape index (κ1) is 16.2. The first-order valence-electron chi connectivity index (χ1n) is 6.72. The number of hydrogen-bond acceptors (Lipinski definition) is 6. The molecule has 1 heterocycles. The van der Waals surface area contributed by atoms with E-state index in [-0.39, 0.29) is 18.8 Å². The van der Waals surface area contributed by atoms with Gasteiger partial charge in [0.15, 0.2) is 6.29 Å². The van der Waals surface area contributed by atoms with Gasteiger partial charge in [0.05, 0.1) is 13.2 Å². The van der Waals surface area contributed by atoms with Gasteiger partial charge in [0.25, 0.3) is 11.8 Å². The third-order valence-corrected chi connectivity index (χ3v) is 3.25. The summed E-state index contributed by atoms with van der Waals surface area (Å²) < 4.78 is 10.4. The summed E-state index contributed by atoms with van der Waals surface area (Å²) in [6.45, 7) is -0.301. The van der Waals surface area contributed by atoms with Crippen molar-refractivity contribution in [2.75, 3.05) is 32.7 Å². The van der Waals surface area contributed by atoms with Gasteiger partial charge in [-0.15, -0.1) is 0 Å². The van der Waals surface area contributed by atoms with Crippen LogP contribution >= 0.6 is 0 Å². The Morgan fingerprint density at radius 1 is 1.23 bits per heavy atom. The standard InChI is InChI=1S/C15H18N2O5/c1-21-15(22-2)10-5-3-4-6-11(10)16-12-9-13(19)17(7-8-18)14(12)20/h3-6,9,15-16,18H,7-8H2,1-2H3. The fourth-order valence-electron chi connectivity index (χ4n) is 2.22. The molecule has 2 rings (SSSR count). The highest BCUT2D eigenvalue weighted by atomic mass is 16.7. The zero-order chi connectivity index (χ0) is 16.1. The van der Waals surface area contributed by atoms with E-state index in [0.29, 0.717) is 11.3 Å². The van der Waals surface area contributed by atoms with Crippen molar-refractivity contribution in [3.05, 3.63) is 41.6 Å². The second-order valence-corrected chi connectivity index (χ2v) is 4.59. The lowest BCUT2D eigenvalue weighted by molar-refractivity contribution is -0.137. The monoisotopic (exact) mass is 306 g/mol. The zero-order valence-electron chi connectivity index (χ0n) is 12.4. The van der Waals surface area contributed by atoms with Crippen LogP contribution in [0.4, 0.5) is 5.69 Å². The fourth-order valence-corrected chi connectivity index (χ4v) is 2.22. The van der Waals surface area contributed by atoms with Crippen molar-refractivity contribution in [3.8, 4) is 0 Å². The number of benzene rings is 1. The number of rotatable bonds is 7. The van der Waals surface area contributed by atoms with Crippen molar-refractivity contribution in [1.29, 1.82) is 0 Å². The molecule has 1 aliphatic heterocycles. The Hall–Kier alpha value is -2.22. The van der Waals surface area contributed by atoms with Gasteiger partial charge < -0.3 is 19.9 Å². The Morgan fingerprint density at radius 2 is 1.91 bits per heavy atom. The fraction of sp³-hybridized carbons (Fsp3) is 0.333. The third kappa shape index (κ3) is 3.16. The van der Waals surface area contributed by atoms with E-state index in [1.165, 1.54) is 20.3 Å². The lowest BCUT2D eigenvalue weighted by Crippen LogP contribution is -2.34. The van der Waals surface area contributed by atoms with Crippen LogP contribution in [-0.4, -0.2) is 49.2 Å². The smallest absolute Gasteiger partial charge is 0.277 e. The molecule has 1 aliphatic rings. The minimum Gasteiger partial charge on any atom is -0.395 e. The molecule has 2 N–H and O–H groups in total. The average Bonchev–Trinajstić information content (AvgIpc) is 2.78. The van der Waals surface area contributed by atoms with Crippen molar-refractivity contribution in [1.82, 2.24) is 4.90 Å². The minimum atomic E-state index is -0.593. The maximum atomic E-state index is 12.1. The third-order valence-electron chi connectivity index (χ3n) is 3.25. The van der Waals surface area contributed by atoms with Crippen LogP contribution in [0.1, 0.15) is 11.9 Å². The van der Waals surface area contributed by atoms with E-state index in [2.05, 4.69) is 5.32 Å². The molecule has 0 bridgehead atoms. The maximum Gasteiger partial charge on any atom is 0.277 e. The molecule has 0 saturated carbocycles. The second kappa shape index (κ2) is 7.17. The molecule has 2 amide bonds. The number of aliphatic hydroxyl groups excluding tert-OH is 1. The SMILES string of the molecule is COC(OC)c1ccccc1NC1=CC(=O)N(CCO)C1=O. The van der Waals surface area contributed by atoms with Gasteiger partial charge in [0, 0.05) is 31.5 Å². The van der Waals surface area contributed by atoms with Crippen LogP contribution in [0.25, 0.3) is 0 Å². The number of nitrogens with one attached hydrogen (secondary N) is 1. The number of methoxy groups -OCH3 is 2. The Labute approximate surface area is 128 Å². The van der Waals surface area contributed by atoms with Gasteiger partial charge in [-0.05, 0) is 6.07 Å². The van der Waals surface area contributed by atoms with Gasteiger partial charge in [-0.3, -0.25) is 14.5 Å². The Morgan fingerprint density at radius 3 is 2.55 bits per heavy atom. The van der Waals surface area contributed by atoms with Gasteiger partial charge in [0.2, 0.25) is 0 Å². The molecular weight excluding hydrogens is 288 g/mol. The molecule has 1 aromatic carbocycles. The van der Waals surface area contributed by atoms with Crippen molar-refractivity contribution in [3.63, 3.8) is 0 Å². The lowest BCUT2D eigenvalue weighted by Gasteiger charge is -2.19. The quantitative estimate of drug-likeness (QED) is 0.567. The molecule has 22 heavy (non-hydrogen) atoms. The first-order chi connectivity index (χ1) is 10.6. The number of aliphatic hydroxyl groups is 1. The largest absolute Gasteiger partial charge is 0.395 e. The molecule has 7 heteroatoms. The number of para-hydroxylation sites is 1. The van der Waals surface area contributed by atoms with Gasteiger partial charge in [0.1, 0.15) is 5.70 Å². The lowest BCUT2D eigenvalue weighted by atomic mass is 10.1. The summed E-state index contributed by atoms with van der Waals surface area (Å²) in [5, 5.41) is 11.8. The summed E-state index contributed by atoms with van der Waals surface area (Å²) in [6, 6.07) is 7.17. The number of anilines is 1. The Balaban J connectivity index is 2.23. The molecule has 1 aromatic rings. The predicted molar refractivity (Wildman–Crippen MR) is 78.7 cm³/mol. The van der Waals surface area contributed by atoms with Crippen molar-refractivity contribution in [2.24, 2.45) is 0 Å². The molecular formula is C15H18N2O5. The van der Waals surface area contributed by atoms with Crippen molar-refractivity contribution in [2.45, 2.75) is 6.29 Å². The molecule has 7 nitrogen and oxygen atoms in total. The maximum absolute atomic E-state index is 12.1. The van der Waals surface area contributed by atoms with Crippen LogP contribution in [0.5, 0.6) is 0 Å². The van der Waals surface area contributed by atoms with Crippen LogP contribution in [-0.2, 0) is 19.1 Å². The summed E-state index contributed by atoms with van der Waals surface area (Å²) in [5.74, 6) is -0.922. The predicted octanol–water partition coefficient (Wildman–Crippen LogP) is 0.635. The molecule has 0 atom stereocenters. The van der Waals surface area contributed by atoms with Gasteiger partial charge in [-0.25, -0.2) is 0 Å². The highest BCUT2D eigenvalue weighted by Crippen LogP contribution is 2.27. The molecule has 0 unspecified atom stereocenters. The van der Waals surface area contributed by atoms with Gasteiger partial charge in [-0.1, -0.05) is 18.2 Å². The number of ether oxygens (including phenoxy) is 2. The van der Waals surface area contributed by atoms with E-state index in [4.69, 9.17) is 14.6 Å². The van der Waals surface area contributed by atoms with E-state index >= 15 is 0 Å². The van der Waals surface area contributed by atoms with E-state index in [1.807, 2.05) is 6.07 Å². The number of amides is 2. The number of carbonyl (C=O) groups is 2. The van der Waals surface area contributed by atoms with Gasteiger partial charge in [-0.2, -0.15) is 0 Å². The Kier molecular flexibility index (Phi) is 5.26. The molecule has 0 spiro atoms. The molecule has 0 saturated heterocycles. The summed E-state index contributed by atoms with van der Waals surface area (Å²) in [6.07, 6.45) is 0.619. The van der Waals surface area contributed by atoms with E-state index in [1.54, 1.807) is 18.2 Å². The van der Waals surface area contributed by atoms with Crippen molar-refractivity contribution < 1.29 is 24.2 Å². The summed E-state index contributed by atoms with van der Waals surface area (Å²) in [7, 11) is 3.02. The van der Waals surface area contributed by atoms with Crippen LogP contribution in [0, 0.1) is 0 Å². The van der Waals surface area contributed by atoms with Crippen molar-refractivity contribution >= 4 is 17.5 Å². The molecule has 0 radical (unpaired) electrons. The number of β-amino-alcohol motifs (C(OH)–C–C–N with tert-alkyl or cyclic N) is 1. The summed E-state index contributed by atoms with van der Waals surface area (Å²) in [5.41, 5.74) is 1.46. The number of carbonyl (C=O) groups excluding carboxylic acids is 2. The van der Waals surface area contributed by atoms with Crippen LogP contribution in [0.2, 0.25) is 0 Å². The number of nitrogens with zero attached hydrogens (tertiary/aromatic N) is 1. The molecule has 0 fully saturated rings. The molecule has 0 aliphatic carbocycles.